The van der Waals surface area contributed by atoms with Crippen LogP contribution in [0, 0.1) is 0 Å². The van der Waals surface area contributed by atoms with Crippen LogP contribution in [0.5, 0.6) is 0 Å². The zero-order valence-electron chi connectivity index (χ0n) is 9.70. The Hall–Kier alpha value is -1.04. The minimum absolute atomic E-state index is 0.0386. The summed E-state index contributed by atoms with van der Waals surface area (Å²) in [6, 6.07) is 0. The molecule has 0 saturated heterocycles. The molecule has 16 heavy (non-hydrogen) atoms. The van der Waals surface area contributed by atoms with E-state index in [0.29, 0.717) is 0 Å². The van der Waals surface area contributed by atoms with E-state index in [0.717, 1.165) is 11.8 Å². The van der Waals surface area contributed by atoms with E-state index in [4.69, 9.17) is 5.11 Å². The summed E-state index contributed by atoms with van der Waals surface area (Å²) in [7, 11) is 0. The number of nitrogens with one attached hydrogen (secondary N) is 1. The van der Waals surface area contributed by atoms with Gasteiger partial charge in [0.2, 0.25) is 5.91 Å². The minimum atomic E-state index is -0.947. The average molecular weight is 247 g/mol. The van der Waals surface area contributed by atoms with Crippen molar-refractivity contribution in [1.82, 2.24) is 5.32 Å². The Morgan fingerprint density at radius 1 is 1.31 bits per heavy atom. The number of thioether (sulfide) groups is 1. The Morgan fingerprint density at radius 3 is 2.31 bits per heavy atom. The fraction of sp³-hybridized carbons (Fsp3) is 0.700. The van der Waals surface area contributed by atoms with E-state index >= 15 is 0 Å². The van der Waals surface area contributed by atoms with Crippen molar-refractivity contribution in [3.8, 4) is 0 Å². The van der Waals surface area contributed by atoms with Gasteiger partial charge in [-0.25, -0.2) is 0 Å². The Morgan fingerprint density at radius 2 is 1.88 bits per heavy atom. The summed E-state index contributed by atoms with van der Waals surface area (Å²) in [5.41, 5.74) is 0. The molecule has 0 aromatic heterocycles. The smallest absolute Gasteiger partial charge is 0.305 e. The van der Waals surface area contributed by atoms with Crippen LogP contribution in [0.2, 0.25) is 0 Å². The topological polar surface area (TPSA) is 83.5 Å². The van der Waals surface area contributed by atoms with E-state index in [1.165, 1.54) is 6.92 Å². The van der Waals surface area contributed by atoms with Crippen molar-refractivity contribution in [3.05, 3.63) is 0 Å². The maximum Gasteiger partial charge on any atom is 0.305 e. The van der Waals surface area contributed by atoms with Gasteiger partial charge in [0.1, 0.15) is 0 Å². The van der Waals surface area contributed by atoms with Gasteiger partial charge in [-0.05, 0) is 13.8 Å². The Labute approximate surface area is 99.0 Å². The molecule has 0 heterocycles. The van der Waals surface area contributed by atoms with Gasteiger partial charge in [-0.2, -0.15) is 0 Å². The largest absolute Gasteiger partial charge is 0.481 e. The molecule has 0 spiro atoms. The van der Waals surface area contributed by atoms with Gasteiger partial charge >= 0.3 is 5.97 Å². The molecule has 0 aromatic carbocycles. The molecule has 0 saturated carbocycles. The van der Waals surface area contributed by atoms with Gasteiger partial charge in [-0.3, -0.25) is 14.4 Å². The quantitative estimate of drug-likeness (QED) is 0.732. The Bertz CT molecular complexity index is 289. The van der Waals surface area contributed by atoms with Crippen LogP contribution in [-0.2, 0) is 14.4 Å². The number of hydrogen-bond acceptors (Lipinski definition) is 4. The summed E-state index contributed by atoms with van der Waals surface area (Å²) in [6.07, 6.45) is 0.100. The summed E-state index contributed by atoms with van der Waals surface area (Å²) < 4.78 is -0.459. The van der Waals surface area contributed by atoms with Gasteiger partial charge in [0.15, 0.2) is 5.12 Å². The van der Waals surface area contributed by atoms with Crippen LogP contribution in [-0.4, -0.2) is 33.4 Å². The standard InChI is InChI=1S/C10H17NO4S/c1-7(12)16-10(2,3)6-8(13)11-5-4-9(14)15/h4-6H2,1-3H3,(H,11,13)(H,14,15). The number of carboxylic acid groups (broad SMARTS) is 1. The molecule has 6 heteroatoms. The second-order valence-corrected chi connectivity index (χ2v) is 5.91. The van der Waals surface area contributed by atoms with Gasteiger partial charge in [-0.15, -0.1) is 0 Å². The molecule has 0 radical (unpaired) electrons. The third kappa shape index (κ3) is 8.28. The van der Waals surface area contributed by atoms with E-state index < -0.39 is 10.7 Å². The van der Waals surface area contributed by atoms with Crippen molar-refractivity contribution in [2.45, 2.75) is 38.4 Å². The van der Waals surface area contributed by atoms with Gasteiger partial charge in [0.25, 0.3) is 0 Å². The average Bonchev–Trinajstić information content (AvgIpc) is 1.98. The zero-order valence-corrected chi connectivity index (χ0v) is 10.5. The second kappa shape index (κ2) is 6.52. The highest BCUT2D eigenvalue weighted by Crippen LogP contribution is 2.28. The van der Waals surface area contributed by atoms with Gasteiger partial charge in [-0.1, -0.05) is 11.8 Å². The van der Waals surface area contributed by atoms with E-state index in [1.54, 1.807) is 13.8 Å². The SMILES string of the molecule is CC(=O)SC(C)(C)CC(=O)NCCC(=O)O. The van der Waals surface area contributed by atoms with Crippen LogP contribution < -0.4 is 5.32 Å². The maximum absolute atomic E-state index is 11.4. The third-order valence-corrected chi connectivity index (χ3v) is 2.65. The lowest BCUT2D eigenvalue weighted by atomic mass is 10.1. The molecule has 0 aromatic rings. The normalized spacial score (nSPS) is 10.9. The van der Waals surface area contributed by atoms with E-state index in [2.05, 4.69) is 5.32 Å². The molecule has 0 unspecified atom stereocenters. The molecular formula is C10H17NO4S. The molecule has 92 valence electrons. The number of carbonyl (C=O) groups is 3. The first-order valence-electron chi connectivity index (χ1n) is 4.91. The highest BCUT2D eigenvalue weighted by Gasteiger charge is 2.24. The van der Waals surface area contributed by atoms with E-state index in [-0.39, 0.29) is 30.4 Å². The van der Waals surface area contributed by atoms with Crippen molar-refractivity contribution < 1.29 is 19.5 Å². The van der Waals surface area contributed by atoms with Crippen molar-refractivity contribution in [1.29, 1.82) is 0 Å². The number of carboxylic acids is 1. The van der Waals surface area contributed by atoms with E-state index in [9.17, 15) is 14.4 Å². The molecule has 0 aliphatic rings. The molecular weight excluding hydrogens is 230 g/mol. The lowest BCUT2D eigenvalue weighted by Gasteiger charge is -2.21. The fourth-order valence-electron chi connectivity index (χ4n) is 1.18. The predicted octanol–water partition coefficient (Wildman–Crippen LogP) is 1.03. The highest BCUT2D eigenvalue weighted by atomic mass is 32.2. The summed E-state index contributed by atoms with van der Waals surface area (Å²) >= 11 is 1.11. The van der Waals surface area contributed by atoms with Crippen molar-refractivity contribution in [3.63, 3.8) is 0 Å². The second-order valence-electron chi connectivity index (χ2n) is 4.02. The minimum Gasteiger partial charge on any atom is -0.481 e. The summed E-state index contributed by atoms with van der Waals surface area (Å²) in [5.74, 6) is -1.18. The maximum atomic E-state index is 11.4. The summed E-state index contributed by atoms with van der Waals surface area (Å²) in [6.45, 7) is 5.18. The van der Waals surface area contributed by atoms with Crippen LogP contribution in [0.1, 0.15) is 33.6 Å². The van der Waals surface area contributed by atoms with Crippen LogP contribution in [0.15, 0.2) is 0 Å². The highest BCUT2D eigenvalue weighted by molar-refractivity contribution is 8.14. The third-order valence-electron chi connectivity index (χ3n) is 1.67. The lowest BCUT2D eigenvalue weighted by molar-refractivity contribution is -0.136. The first-order valence-corrected chi connectivity index (χ1v) is 5.72. The number of amides is 1. The van der Waals surface area contributed by atoms with Crippen LogP contribution in [0.4, 0.5) is 0 Å². The zero-order chi connectivity index (χ0) is 12.8. The molecule has 5 nitrogen and oxygen atoms in total. The van der Waals surface area contributed by atoms with Gasteiger partial charge < -0.3 is 10.4 Å². The molecule has 0 rings (SSSR count). The van der Waals surface area contributed by atoms with Crippen LogP contribution in [0.25, 0.3) is 0 Å². The van der Waals surface area contributed by atoms with Crippen molar-refractivity contribution >= 4 is 28.8 Å². The lowest BCUT2D eigenvalue weighted by Crippen LogP contribution is -2.32. The number of aliphatic carboxylic acids is 1. The Kier molecular flexibility index (Phi) is 6.10. The number of rotatable bonds is 6. The molecule has 0 bridgehead atoms. The van der Waals surface area contributed by atoms with Crippen LogP contribution >= 0.6 is 11.8 Å². The van der Waals surface area contributed by atoms with Crippen LogP contribution in [0.3, 0.4) is 0 Å². The molecule has 0 aliphatic heterocycles. The first kappa shape index (κ1) is 15.0. The molecule has 0 aliphatic carbocycles. The van der Waals surface area contributed by atoms with Gasteiger partial charge in [0.05, 0.1) is 6.42 Å². The van der Waals surface area contributed by atoms with Crippen molar-refractivity contribution in [2.24, 2.45) is 0 Å². The molecule has 2 N–H and O–H groups in total. The predicted molar refractivity (Wildman–Crippen MR) is 62.2 cm³/mol. The molecule has 0 fully saturated rings. The summed E-state index contributed by atoms with van der Waals surface area (Å²) in [5, 5.41) is 10.8. The van der Waals surface area contributed by atoms with Gasteiger partial charge in [0, 0.05) is 24.6 Å². The molecule has 1 amide bonds. The van der Waals surface area contributed by atoms with Crippen molar-refractivity contribution in [2.75, 3.05) is 6.54 Å². The fourth-order valence-corrected chi connectivity index (χ4v) is 2.16. The number of hydrogen-bond donors (Lipinski definition) is 2. The molecule has 0 atom stereocenters. The monoisotopic (exact) mass is 247 g/mol. The Balaban J connectivity index is 3.94. The first-order chi connectivity index (χ1) is 7.23. The number of carbonyl (C=O) groups excluding carboxylic acids is 2. The summed E-state index contributed by atoms with van der Waals surface area (Å²) in [4.78, 5) is 32.5. The van der Waals surface area contributed by atoms with E-state index in [1.807, 2.05) is 0 Å².